The van der Waals surface area contributed by atoms with Crippen LogP contribution in [0.3, 0.4) is 0 Å². The highest BCUT2D eigenvalue weighted by Crippen LogP contribution is 2.22. The summed E-state index contributed by atoms with van der Waals surface area (Å²) in [6.07, 6.45) is 2.56. The van der Waals surface area contributed by atoms with Gasteiger partial charge in [-0.05, 0) is 37.0 Å². The molecule has 0 unspecified atom stereocenters. The van der Waals surface area contributed by atoms with Gasteiger partial charge in [-0.15, -0.1) is 0 Å². The molecule has 2 saturated heterocycles. The molecule has 142 valence electrons. The third-order valence-electron chi connectivity index (χ3n) is 5.13. The van der Waals surface area contributed by atoms with Crippen LogP contribution < -0.4 is 5.32 Å². The minimum absolute atomic E-state index is 0.00372. The third-order valence-corrected chi connectivity index (χ3v) is 5.13. The molecule has 0 bridgehead atoms. The van der Waals surface area contributed by atoms with Crippen molar-refractivity contribution < 1.29 is 14.0 Å². The van der Waals surface area contributed by atoms with Gasteiger partial charge in [0.25, 0.3) is 0 Å². The van der Waals surface area contributed by atoms with Gasteiger partial charge in [0.1, 0.15) is 5.82 Å². The number of nitrogens with zero attached hydrogens (tertiary/aromatic N) is 3. The summed E-state index contributed by atoms with van der Waals surface area (Å²) in [7, 11) is 0. The predicted molar refractivity (Wildman–Crippen MR) is 97.2 cm³/mol. The van der Waals surface area contributed by atoms with Crippen LogP contribution in [0, 0.1) is 5.82 Å². The number of hydrogen-bond acceptors (Lipinski definition) is 2. The molecule has 1 aromatic carbocycles. The summed E-state index contributed by atoms with van der Waals surface area (Å²) in [6, 6.07) is 6.52. The molecule has 2 fully saturated rings. The lowest BCUT2D eigenvalue weighted by Gasteiger charge is -2.36. The van der Waals surface area contributed by atoms with Gasteiger partial charge in [-0.25, -0.2) is 14.0 Å². The number of benzene rings is 1. The van der Waals surface area contributed by atoms with Crippen LogP contribution >= 0.6 is 0 Å². The van der Waals surface area contributed by atoms with E-state index < -0.39 is 0 Å². The molecular formula is C19H27FN4O2. The van der Waals surface area contributed by atoms with Crippen molar-refractivity contribution in [2.75, 3.05) is 32.7 Å². The molecular weight excluding hydrogens is 335 g/mol. The summed E-state index contributed by atoms with van der Waals surface area (Å²) in [5.41, 5.74) is 0.934. The lowest BCUT2D eigenvalue weighted by molar-refractivity contribution is 0.134. The molecule has 1 aromatic rings. The molecule has 0 aliphatic carbocycles. The minimum atomic E-state index is -0.266. The van der Waals surface area contributed by atoms with E-state index in [1.54, 1.807) is 12.1 Å². The first-order valence-corrected chi connectivity index (χ1v) is 9.41. The molecule has 2 aliphatic heterocycles. The summed E-state index contributed by atoms with van der Waals surface area (Å²) in [4.78, 5) is 30.3. The number of likely N-dealkylation sites (tertiary alicyclic amines) is 1. The Labute approximate surface area is 153 Å². The number of hydrogen-bond donors (Lipinski definition) is 1. The van der Waals surface area contributed by atoms with Crippen LogP contribution in [-0.2, 0) is 6.54 Å². The van der Waals surface area contributed by atoms with Crippen LogP contribution in [0.1, 0.15) is 31.7 Å². The monoisotopic (exact) mass is 362 g/mol. The van der Waals surface area contributed by atoms with E-state index in [4.69, 9.17) is 0 Å². The van der Waals surface area contributed by atoms with Gasteiger partial charge < -0.3 is 20.0 Å². The van der Waals surface area contributed by atoms with Crippen molar-refractivity contribution in [3.63, 3.8) is 0 Å². The Kier molecular flexibility index (Phi) is 5.96. The number of carbonyl (C=O) groups is 2. The highest BCUT2D eigenvalue weighted by molar-refractivity contribution is 5.77. The molecule has 3 rings (SSSR count). The molecule has 2 heterocycles. The largest absolute Gasteiger partial charge is 0.338 e. The zero-order valence-electron chi connectivity index (χ0n) is 15.3. The zero-order valence-corrected chi connectivity index (χ0v) is 15.3. The maximum Gasteiger partial charge on any atom is 0.320 e. The Bertz CT molecular complexity index is 629. The van der Waals surface area contributed by atoms with Crippen LogP contribution in [0.25, 0.3) is 0 Å². The average Bonchev–Trinajstić information content (AvgIpc) is 3.02. The molecule has 0 aromatic heterocycles. The van der Waals surface area contributed by atoms with Gasteiger partial charge >= 0.3 is 12.1 Å². The number of carbonyl (C=O) groups excluding carboxylic acids is 2. The molecule has 1 N–H and O–H groups in total. The number of amides is 4. The Hall–Kier alpha value is -2.31. The molecule has 4 amide bonds. The van der Waals surface area contributed by atoms with E-state index in [1.807, 2.05) is 21.6 Å². The zero-order chi connectivity index (χ0) is 18.5. The lowest BCUT2D eigenvalue weighted by Crippen LogP contribution is -2.50. The van der Waals surface area contributed by atoms with Gasteiger partial charge in [-0.2, -0.15) is 0 Å². The van der Waals surface area contributed by atoms with Crippen LogP contribution in [0.2, 0.25) is 0 Å². The third kappa shape index (κ3) is 4.26. The summed E-state index contributed by atoms with van der Waals surface area (Å²) in [5.74, 6) is -0.266. The summed E-state index contributed by atoms with van der Waals surface area (Å²) < 4.78 is 13.0. The second-order valence-corrected chi connectivity index (χ2v) is 6.97. The Morgan fingerprint density at radius 2 is 1.85 bits per heavy atom. The maximum atomic E-state index is 13.0. The second kappa shape index (κ2) is 8.38. The Morgan fingerprint density at radius 1 is 1.15 bits per heavy atom. The molecule has 0 spiro atoms. The quantitative estimate of drug-likeness (QED) is 0.875. The van der Waals surface area contributed by atoms with Crippen molar-refractivity contribution in [3.8, 4) is 0 Å². The highest BCUT2D eigenvalue weighted by Gasteiger charge is 2.35. The van der Waals surface area contributed by atoms with Gasteiger partial charge in [0.05, 0.1) is 0 Å². The number of urea groups is 2. The van der Waals surface area contributed by atoms with Gasteiger partial charge in [-0.3, -0.25) is 0 Å². The number of rotatable bonds is 5. The van der Waals surface area contributed by atoms with E-state index in [2.05, 4.69) is 5.32 Å². The van der Waals surface area contributed by atoms with Crippen molar-refractivity contribution in [1.29, 1.82) is 0 Å². The second-order valence-electron chi connectivity index (χ2n) is 6.97. The number of halogens is 1. The van der Waals surface area contributed by atoms with Crippen LogP contribution in [0.4, 0.5) is 14.0 Å². The normalized spacial score (nSPS) is 18.5. The summed E-state index contributed by atoms with van der Waals surface area (Å²) in [6.45, 7) is 6.00. The van der Waals surface area contributed by atoms with Crippen LogP contribution in [0.5, 0.6) is 0 Å². The predicted octanol–water partition coefficient (Wildman–Crippen LogP) is 2.65. The van der Waals surface area contributed by atoms with E-state index in [9.17, 15) is 14.0 Å². The van der Waals surface area contributed by atoms with E-state index in [-0.39, 0.29) is 23.9 Å². The van der Waals surface area contributed by atoms with E-state index in [1.165, 1.54) is 12.1 Å². The van der Waals surface area contributed by atoms with E-state index >= 15 is 0 Å². The van der Waals surface area contributed by atoms with Crippen molar-refractivity contribution in [3.05, 3.63) is 35.6 Å². The van der Waals surface area contributed by atoms with Gasteiger partial charge in [-0.1, -0.05) is 19.1 Å². The molecule has 0 atom stereocenters. The SMILES string of the molecule is CCCNC(=O)N1CCC(N2CCN(Cc3ccc(F)cc3)C2=O)CC1. The van der Waals surface area contributed by atoms with Crippen molar-refractivity contribution in [2.45, 2.75) is 38.8 Å². The van der Waals surface area contributed by atoms with Gasteiger partial charge in [0, 0.05) is 45.3 Å². The van der Waals surface area contributed by atoms with E-state index in [0.717, 1.165) is 24.8 Å². The van der Waals surface area contributed by atoms with Crippen LogP contribution in [-0.4, -0.2) is 65.5 Å². The molecule has 0 saturated carbocycles. The molecule has 7 heteroatoms. The number of piperidine rings is 1. The fraction of sp³-hybridized carbons (Fsp3) is 0.579. The van der Waals surface area contributed by atoms with Crippen LogP contribution in [0.15, 0.2) is 24.3 Å². The fourth-order valence-electron chi connectivity index (χ4n) is 3.62. The molecule has 6 nitrogen and oxygen atoms in total. The Balaban J connectivity index is 1.49. The highest BCUT2D eigenvalue weighted by atomic mass is 19.1. The smallest absolute Gasteiger partial charge is 0.320 e. The molecule has 26 heavy (non-hydrogen) atoms. The van der Waals surface area contributed by atoms with Gasteiger partial charge in [0.2, 0.25) is 0 Å². The molecule has 2 aliphatic rings. The average molecular weight is 362 g/mol. The first kappa shape index (κ1) is 18.5. The van der Waals surface area contributed by atoms with E-state index in [0.29, 0.717) is 39.3 Å². The van der Waals surface area contributed by atoms with Crippen molar-refractivity contribution in [1.82, 2.24) is 20.0 Å². The summed E-state index contributed by atoms with van der Waals surface area (Å²) >= 11 is 0. The summed E-state index contributed by atoms with van der Waals surface area (Å²) in [5, 5.41) is 2.91. The van der Waals surface area contributed by atoms with Crippen molar-refractivity contribution >= 4 is 12.1 Å². The minimum Gasteiger partial charge on any atom is -0.338 e. The van der Waals surface area contributed by atoms with Gasteiger partial charge in [0.15, 0.2) is 0 Å². The first-order valence-electron chi connectivity index (χ1n) is 9.41. The standard InChI is InChI=1S/C19H27FN4O2/c1-2-9-21-18(25)22-10-7-17(8-11-22)24-13-12-23(19(24)26)14-15-3-5-16(20)6-4-15/h3-6,17H,2,7-14H2,1H3,(H,21,25). The number of nitrogens with one attached hydrogen (secondary N) is 1. The first-order chi connectivity index (χ1) is 12.6. The maximum absolute atomic E-state index is 13.0. The lowest BCUT2D eigenvalue weighted by atomic mass is 10.0. The fourth-order valence-corrected chi connectivity index (χ4v) is 3.62. The topological polar surface area (TPSA) is 55.9 Å². The molecule has 0 radical (unpaired) electrons. The van der Waals surface area contributed by atoms with Crippen molar-refractivity contribution in [2.24, 2.45) is 0 Å². The Morgan fingerprint density at radius 3 is 2.50 bits per heavy atom.